The fraction of sp³-hybridized carbons (Fsp3) is 0.400. The number of nitrogens with zero attached hydrogens (tertiary/aromatic N) is 1. The van der Waals surface area contributed by atoms with Gasteiger partial charge in [0, 0.05) is 10.7 Å². The third kappa shape index (κ3) is 5.35. The molecule has 1 atom stereocenters. The molecule has 140 valence electrons. The van der Waals surface area contributed by atoms with Crippen molar-refractivity contribution in [3.8, 4) is 5.75 Å². The number of halogens is 1. The minimum absolute atomic E-state index is 0.290. The van der Waals surface area contributed by atoms with Gasteiger partial charge >= 0.3 is 0 Å². The van der Waals surface area contributed by atoms with Crippen molar-refractivity contribution < 1.29 is 19.8 Å². The van der Waals surface area contributed by atoms with E-state index >= 15 is 0 Å². The van der Waals surface area contributed by atoms with Crippen LogP contribution in [-0.2, 0) is 11.3 Å². The third-order valence-electron chi connectivity index (χ3n) is 4.74. The second-order valence-corrected chi connectivity index (χ2v) is 7.13. The molecule has 0 saturated carbocycles. The number of aliphatic hydroxyl groups excluding tert-OH is 1. The van der Waals surface area contributed by atoms with Crippen molar-refractivity contribution in [3.63, 3.8) is 0 Å². The molecule has 2 aromatic carbocycles. The summed E-state index contributed by atoms with van der Waals surface area (Å²) in [5, 5.41) is 20.3. The topological polar surface area (TPSA) is 57.4 Å². The van der Waals surface area contributed by atoms with Gasteiger partial charge in [-0.15, -0.1) is 0 Å². The van der Waals surface area contributed by atoms with E-state index in [-0.39, 0.29) is 5.75 Å². The normalized spacial score (nSPS) is 16.6. The molecule has 3 N–H and O–H groups in total. The molecule has 0 aliphatic carbocycles. The standard InChI is InChI=1S/C20H25ClN2O3/c21-20-4-2-1-3-16(20)14-26-15-19(25)13-22-9-11-23(12-10-22)17-5-7-18(24)8-6-17/h1-8,19,24-25H,9-15H2/p+1/t19-/m0/s1. The van der Waals surface area contributed by atoms with E-state index in [1.54, 1.807) is 12.1 Å². The maximum Gasteiger partial charge on any atom is 0.126 e. The Kier molecular flexibility index (Phi) is 6.74. The van der Waals surface area contributed by atoms with Gasteiger partial charge in [0.1, 0.15) is 18.4 Å². The van der Waals surface area contributed by atoms with E-state index in [1.165, 1.54) is 4.90 Å². The lowest BCUT2D eigenvalue weighted by molar-refractivity contribution is -0.903. The van der Waals surface area contributed by atoms with Crippen molar-refractivity contribution >= 4 is 17.3 Å². The molecule has 0 radical (unpaired) electrons. The molecule has 6 heteroatoms. The number of hydrogen-bond acceptors (Lipinski definition) is 4. The first kappa shape index (κ1) is 19.0. The number of hydrogen-bond donors (Lipinski definition) is 3. The van der Waals surface area contributed by atoms with Crippen molar-refractivity contribution in [1.29, 1.82) is 0 Å². The molecular formula is C20H26ClN2O3+. The first-order valence-electron chi connectivity index (χ1n) is 8.98. The molecule has 0 bridgehead atoms. The Labute approximate surface area is 159 Å². The maximum absolute atomic E-state index is 10.2. The smallest absolute Gasteiger partial charge is 0.126 e. The SMILES string of the molecule is Oc1ccc(N2CC[NH+](C[C@H](O)COCc3ccccc3Cl)CC2)cc1. The summed E-state index contributed by atoms with van der Waals surface area (Å²) in [7, 11) is 0. The van der Waals surface area contributed by atoms with Crippen LogP contribution in [0, 0.1) is 0 Å². The summed E-state index contributed by atoms with van der Waals surface area (Å²) in [6, 6.07) is 14.9. The number of nitrogens with one attached hydrogen (secondary N) is 1. The minimum Gasteiger partial charge on any atom is -0.508 e. The van der Waals surface area contributed by atoms with Gasteiger partial charge in [0.2, 0.25) is 0 Å². The first-order valence-corrected chi connectivity index (χ1v) is 9.36. The predicted molar refractivity (Wildman–Crippen MR) is 103 cm³/mol. The van der Waals surface area contributed by atoms with Crippen LogP contribution in [0.1, 0.15) is 5.56 Å². The van der Waals surface area contributed by atoms with Crippen LogP contribution in [0.3, 0.4) is 0 Å². The van der Waals surface area contributed by atoms with Crippen LogP contribution in [0.5, 0.6) is 5.75 Å². The summed E-state index contributed by atoms with van der Waals surface area (Å²) < 4.78 is 5.62. The summed E-state index contributed by atoms with van der Waals surface area (Å²) >= 11 is 6.10. The van der Waals surface area contributed by atoms with E-state index < -0.39 is 6.10 Å². The second kappa shape index (κ2) is 9.24. The number of phenols is 1. The Morgan fingerprint density at radius 2 is 1.77 bits per heavy atom. The summed E-state index contributed by atoms with van der Waals surface area (Å²) in [5.41, 5.74) is 2.07. The highest BCUT2D eigenvalue weighted by atomic mass is 35.5. The molecule has 1 fully saturated rings. The van der Waals surface area contributed by atoms with E-state index in [0.29, 0.717) is 24.8 Å². The summed E-state index contributed by atoms with van der Waals surface area (Å²) in [6.07, 6.45) is -0.479. The molecule has 0 spiro atoms. The molecule has 1 aliphatic heterocycles. The molecule has 0 amide bonds. The molecule has 1 heterocycles. The highest BCUT2D eigenvalue weighted by Crippen LogP contribution is 2.18. The van der Waals surface area contributed by atoms with E-state index in [0.717, 1.165) is 37.4 Å². The number of piperazine rings is 1. The molecule has 1 aliphatic rings. The Morgan fingerprint density at radius 3 is 2.46 bits per heavy atom. The van der Waals surface area contributed by atoms with Crippen LogP contribution in [0.4, 0.5) is 5.69 Å². The quantitative estimate of drug-likeness (QED) is 0.681. The van der Waals surface area contributed by atoms with Crippen molar-refractivity contribution in [3.05, 3.63) is 59.1 Å². The monoisotopic (exact) mass is 377 g/mol. The van der Waals surface area contributed by atoms with Crippen LogP contribution in [-0.4, -0.2) is 55.6 Å². The van der Waals surface area contributed by atoms with Gasteiger partial charge < -0.3 is 24.7 Å². The van der Waals surface area contributed by atoms with Gasteiger partial charge in [0.05, 0.1) is 39.4 Å². The van der Waals surface area contributed by atoms with E-state index in [1.807, 2.05) is 36.4 Å². The number of aliphatic hydroxyl groups is 1. The Balaban J connectivity index is 1.37. The van der Waals surface area contributed by atoms with Gasteiger partial charge in [0.15, 0.2) is 0 Å². The van der Waals surface area contributed by atoms with Crippen LogP contribution in [0.2, 0.25) is 5.02 Å². The lowest BCUT2D eigenvalue weighted by Crippen LogP contribution is -3.16. The van der Waals surface area contributed by atoms with Crippen molar-refractivity contribution in [1.82, 2.24) is 0 Å². The number of ether oxygens (including phenoxy) is 1. The summed E-state index contributed by atoms with van der Waals surface area (Å²) in [4.78, 5) is 3.69. The fourth-order valence-corrected chi connectivity index (χ4v) is 3.45. The largest absolute Gasteiger partial charge is 0.508 e. The van der Waals surface area contributed by atoms with E-state index in [2.05, 4.69) is 4.90 Å². The number of quaternary nitrogens is 1. The zero-order valence-corrected chi connectivity index (χ0v) is 15.5. The highest BCUT2D eigenvalue weighted by Gasteiger charge is 2.22. The second-order valence-electron chi connectivity index (χ2n) is 6.72. The first-order chi connectivity index (χ1) is 12.6. The van der Waals surface area contributed by atoms with Crippen molar-refractivity contribution in [2.75, 3.05) is 44.2 Å². The zero-order valence-electron chi connectivity index (χ0n) is 14.8. The molecule has 2 aromatic rings. The Morgan fingerprint density at radius 1 is 1.08 bits per heavy atom. The van der Waals surface area contributed by atoms with Gasteiger partial charge in [0.25, 0.3) is 0 Å². The van der Waals surface area contributed by atoms with Crippen LogP contribution < -0.4 is 9.80 Å². The Hall–Kier alpha value is -1.79. The number of aromatic hydroxyl groups is 1. The Bertz CT molecular complexity index is 688. The number of benzene rings is 2. The molecule has 0 aromatic heterocycles. The lowest BCUT2D eigenvalue weighted by atomic mass is 10.2. The molecule has 5 nitrogen and oxygen atoms in total. The minimum atomic E-state index is -0.479. The molecule has 3 rings (SSSR count). The van der Waals surface area contributed by atoms with Crippen LogP contribution in [0.15, 0.2) is 48.5 Å². The highest BCUT2D eigenvalue weighted by molar-refractivity contribution is 6.31. The maximum atomic E-state index is 10.2. The summed E-state index contributed by atoms with van der Waals surface area (Å²) in [6.45, 7) is 5.24. The number of rotatable bonds is 7. The molecule has 26 heavy (non-hydrogen) atoms. The van der Waals surface area contributed by atoms with Crippen LogP contribution >= 0.6 is 11.6 Å². The van der Waals surface area contributed by atoms with Crippen molar-refractivity contribution in [2.24, 2.45) is 0 Å². The molecule has 1 saturated heterocycles. The van der Waals surface area contributed by atoms with Gasteiger partial charge in [-0.05, 0) is 35.9 Å². The number of anilines is 1. The molecular weight excluding hydrogens is 352 g/mol. The van der Waals surface area contributed by atoms with E-state index in [9.17, 15) is 10.2 Å². The van der Waals surface area contributed by atoms with E-state index in [4.69, 9.17) is 16.3 Å². The number of phenolic OH excluding ortho intramolecular Hbond substituents is 1. The van der Waals surface area contributed by atoms with Gasteiger partial charge in [-0.1, -0.05) is 29.8 Å². The predicted octanol–water partition coefficient (Wildman–Crippen LogP) is 1.33. The van der Waals surface area contributed by atoms with Gasteiger partial charge in [-0.2, -0.15) is 0 Å². The third-order valence-corrected chi connectivity index (χ3v) is 5.10. The fourth-order valence-electron chi connectivity index (χ4n) is 3.26. The average molecular weight is 378 g/mol. The molecule has 0 unspecified atom stereocenters. The average Bonchev–Trinajstić information content (AvgIpc) is 2.65. The van der Waals surface area contributed by atoms with Gasteiger partial charge in [-0.3, -0.25) is 0 Å². The van der Waals surface area contributed by atoms with Crippen molar-refractivity contribution in [2.45, 2.75) is 12.7 Å². The summed E-state index contributed by atoms with van der Waals surface area (Å²) in [5.74, 6) is 0.290. The van der Waals surface area contributed by atoms with Crippen LogP contribution in [0.25, 0.3) is 0 Å². The zero-order chi connectivity index (χ0) is 18.4. The lowest BCUT2D eigenvalue weighted by Gasteiger charge is -2.34. The van der Waals surface area contributed by atoms with Gasteiger partial charge in [-0.25, -0.2) is 0 Å².